The van der Waals surface area contributed by atoms with Crippen LogP contribution in [0.5, 0.6) is 17.4 Å². The quantitative estimate of drug-likeness (QED) is 0.317. The molecule has 0 unspecified atom stereocenters. The normalized spacial score (nSPS) is 10.9. The van der Waals surface area contributed by atoms with Crippen molar-refractivity contribution in [3.8, 4) is 23.1 Å². The van der Waals surface area contributed by atoms with Crippen molar-refractivity contribution in [1.82, 2.24) is 14.8 Å². The zero-order valence-corrected chi connectivity index (χ0v) is 17.4. The minimum atomic E-state index is 0.569. The van der Waals surface area contributed by atoms with Crippen LogP contribution in [0.2, 0.25) is 0 Å². The average molecular weight is 413 g/mol. The maximum Gasteiger partial charge on any atom is 0.231 e. The number of ether oxygens (including phenoxy) is 2. The minimum Gasteiger partial charge on any atom is -0.494 e. The molecule has 7 nitrogen and oxygen atoms in total. The van der Waals surface area contributed by atoms with Gasteiger partial charge in [-0.05, 0) is 62.4 Å². The van der Waals surface area contributed by atoms with Crippen LogP contribution in [0.4, 0.5) is 5.82 Å². The molecule has 156 valence electrons. The van der Waals surface area contributed by atoms with Crippen molar-refractivity contribution in [1.29, 1.82) is 0 Å². The van der Waals surface area contributed by atoms with E-state index in [1.165, 1.54) is 0 Å². The second-order valence-corrected chi connectivity index (χ2v) is 6.64. The van der Waals surface area contributed by atoms with Gasteiger partial charge in [0.05, 0.1) is 29.8 Å². The van der Waals surface area contributed by atoms with E-state index in [2.05, 4.69) is 20.6 Å². The van der Waals surface area contributed by atoms with Gasteiger partial charge in [-0.1, -0.05) is 24.3 Å². The van der Waals surface area contributed by atoms with Gasteiger partial charge >= 0.3 is 0 Å². The van der Waals surface area contributed by atoms with E-state index in [4.69, 9.17) is 9.47 Å². The fourth-order valence-corrected chi connectivity index (χ4v) is 2.98. The van der Waals surface area contributed by atoms with Gasteiger partial charge in [0.1, 0.15) is 17.3 Å². The first-order valence-electron chi connectivity index (χ1n) is 10.0. The predicted octanol–water partition coefficient (Wildman–Crippen LogP) is 5.21. The van der Waals surface area contributed by atoms with E-state index < -0.39 is 0 Å². The van der Waals surface area contributed by atoms with Gasteiger partial charge < -0.3 is 9.47 Å². The van der Waals surface area contributed by atoms with E-state index in [1.54, 1.807) is 17.1 Å². The number of nitrogens with one attached hydrogen (secondary N) is 1. The number of benzene rings is 2. The van der Waals surface area contributed by atoms with Gasteiger partial charge in [0.15, 0.2) is 0 Å². The molecule has 0 amide bonds. The summed E-state index contributed by atoms with van der Waals surface area (Å²) in [6.45, 7) is 4.49. The summed E-state index contributed by atoms with van der Waals surface area (Å²) >= 11 is 0. The molecule has 31 heavy (non-hydrogen) atoms. The maximum atomic E-state index is 6.26. The molecule has 4 aromatic rings. The van der Waals surface area contributed by atoms with Crippen molar-refractivity contribution in [2.24, 2.45) is 5.10 Å². The predicted molar refractivity (Wildman–Crippen MR) is 121 cm³/mol. The molecule has 0 fully saturated rings. The van der Waals surface area contributed by atoms with Gasteiger partial charge in [-0.25, -0.2) is 4.98 Å². The molecule has 0 aliphatic rings. The number of hydrogen-bond donors (Lipinski definition) is 1. The lowest BCUT2D eigenvalue weighted by Gasteiger charge is -2.11. The van der Waals surface area contributed by atoms with Crippen molar-refractivity contribution in [2.75, 3.05) is 12.0 Å². The van der Waals surface area contributed by atoms with Crippen LogP contribution in [0.1, 0.15) is 18.2 Å². The Morgan fingerprint density at radius 1 is 0.968 bits per heavy atom. The van der Waals surface area contributed by atoms with E-state index in [0.717, 1.165) is 22.7 Å². The largest absolute Gasteiger partial charge is 0.494 e. The van der Waals surface area contributed by atoms with Crippen LogP contribution in [0.25, 0.3) is 5.69 Å². The van der Waals surface area contributed by atoms with E-state index in [9.17, 15) is 0 Å². The number of pyridine rings is 1. The summed E-state index contributed by atoms with van der Waals surface area (Å²) in [6, 6.07) is 22.9. The molecule has 2 aromatic heterocycles. The number of anilines is 1. The Morgan fingerprint density at radius 2 is 1.71 bits per heavy atom. The smallest absolute Gasteiger partial charge is 0.231 e. The van der Waals surface area contributed by atoms with Crippen molar-refractivity contribution in [3.63, 3.8) is 0 Å². The zero-order valence-electron chi connectivity index (χ0n) is 17.4. The first kappa shape index (κ1) is 20.2. The third-order valence-electron chi connectivity index (χ3n) is 4.45. The molecule has 1 N–H and O–H groups in total. The summed E-state index contributed by atoms with van der Waals surface area (Å²) in [5.74, 6) is 2.69. The zero-order chi connectivity index (χ0) is 21.5. The monoisotopic (exact) mass is 413 g/mol. The summed E-state index contributed by atoms with van der Waals surface area (Å²) in [4.78, 5) is 4.21. The maximum absolute atomic E-state index is 6.26. The van der Waals surface area contributed by atoms with Crippen LogP contribution < -0.4 is 14.9 Å². The highest BCUT2D eigenvalue weighted by Crippen LogP contribution is 2.30. The summed E-state index contributed by atoms with van der Waals surface area (Å²) in [5, 5.41) is 9.01. The highest BCUT2D eigenvalue weighted by molar-refractivity contribution is 5.85. The van der Waals surface area contributed by atoms with Gasteiger partial charge in [0.2, 0.25) is 5.88 Å². The van der Waals surface area contributed by atoms with E-state index >= 15 is 0 Å². The topological polar surface area (TPSA) is 73.6 Å². The molecule has 0 saturated carbocycles. The van der Waals surface area contributed by atoms with E-state index in [1.807, 2.05) is 86.6 Å². The number of hydrazone groups is 1. The lowest BCUT2D eigenvalue weighted by molar-refractivity contribution is 0.339. The molecule has 4 rings (SSSR count). The molecule has 2 heterocycles. The number of nitrogens with zero attached hydrogens (tertiary/aromatic N) is 4. The lowest BCUT2D eigenvalue weighted by atomic mass is 10.2. The average Bonchev–Trinajstić information content (AvgIpc) is 3.12. The van der Waals surface area contributed by atoms with Crippen LogP contribution in [-0.4, -0.2) is 27.6 Å². The molecule has 0 saturated heterocycles. The van der Waals surface area contributed by atoms with Crippen molar-refractivity contribution in [2.45, 2.75) is 13.8 Å². The van der Waals surface area contributed by atoms with Crippen LogP contribution >= 0.6 is 0 Å². The highest BCUT2D eigenvalue weighted by Gasteiger charge is 2.18. The molecule has 0 bridgehead atoms. The Labute approximate surface area is 181 Å². The number of hydrogen-bond acceptors (Lipinski definition) is 6. The Kier molecular flexibility index (Phi) is 6.23. The fourth-order valence-electron chi connectivity index (χ4n) is 2.98. The molecule has 0 spiro atoms. The number of para-hydroxylation sites is 1. The molecule has 2 aromatic carbocycles. The summed E-state index contributed by atoms with van der Waals surface area (Å²) in [5.41, 5.74) is 5.38. The molecule has 0 aliphatic heterocycles. The van der Waals surface area contributed by atoms with Crippen LogP contribution in [-0.2, 0) is 0 Å². The summed E-state index contributed by atoms with van der Waals surface area (Å²) < 4.78 is 13.6. The van der Waals surface area contributed by atoms with Gasteiger partial charge in [-0.2, -0.15) is 14.9 Å². The Bertz CT molecular complexity index is 1140. The lowest BCUT2D eigenvalue weighted by Crippen LogP contribution is -2.01. The van der Waals surface area contributed by atoms with Crippen molar-refractivity contribution in [3.05, 3.63) is 90.3 Å². The van der Waals surface area contributed by atoms with E-state index in [-0.39, 0.29) is 0 Å². The Hall–Kier alpha value is -4.13. The summed E-state index contributed by atoms with van der Waals surface area (Å²) in [6.07, 6.45) is 3.40. The van der Waals surface area contributed by atoms with Crippen LogP contribution in [0, 0.1) is 6.92 Å². The molecule has 0 radical (unpaired) electrons. The van der Waals surface area contributed by atoms with Gasteiger partial charge in [-0.3, -0.25) is 5.43 Å². The van der Waals surface area contributed by atoms with Gasteiger partial charge in [0, 0.05) is 6.20 Å². The standard InChI is InChI=1S/C24H23N5O2/c1-3-30-20-12-14-21(15-13-20)31-24-22(17-26-27-23-11-7-8-16-25-23)18(2)28-29(24)19-9-5-4-6-10-19/h4-17H,3H2,1-2H3,(H,25,27)/b26-17+. The Balaban J connectivity index is 1.67. The third kappa shape index (κ3) is 4.90. The number of rotatable bonds is 8. The van der Waals surface area contributed by atoms with Crippen molar-refractivity contribution >= 4 is 12.0 Å². The molecule has 7 heteroatoms. The third-order valence-corrected chi connectivity index (χ3v) is 4.45. The fraction of sp³-hybridized carbons (Fsp3) is 0.125. The van der Waals surface area contributed by atoms with E-state index in [0.29, 0.717) is 24.1 Å². The molecule has 0 atom stereocenters. The first-order valence-corrected chi connectivity index (χ1v) is 10.0. The summed E-state index contributed by atoms with van der Waals surface area (Å²) in [7, 11) is 0. The molecule has 0 aliphatic carbocycles. The van der Waals surface area contributed by atoms with Crippen LogP contribution in [0.15, 0.2) is 84.1 Å². The molecular weight excluding hydrogens is 390 g/mol. The minimum absolute atomic E-state index is 0.569. The van der Waals surface area contributed by atoms with Crippen LogP contribution in [0.3, 0.4) is 0 Å². The number of aryl methyl sites for hydroxylation is 1. The van der Waals surface area contributed by atoms with Gasteiger partial charge in [0.25, 0.3) is 0 Å². The second kappa shape index (κ2) is 9.58. The first-order chi connectivity index (χ1) is 15.2. The Morgan fingerprint density at radius 3 is 2.42 bits per heavy atom. The number of aromatic nitrogens is 3. The van der Waals surface area contributed by atoms with Gasteiger partial charge in [-0.15, -0.1) is 0 Å². The second-order valence-electron chi connectivity index (χ2n) is 6.64. The van der Waals surface area contributed by atoms with Crippen molar-refractivity contribution < 1.29 is 9.47 Å². The highest BCUT2D eigenvalue weighted by atomic mass is 16.5. The SMILES string of the molecule is CCOc1ccc(Oc2c(/C=N/Nc3ccccn3)c(C)nn2-c2ccccc2)cc1. The molecular formula is C24H23N5O2.